The van der Waals surface area contributed by atoms with Crippen molar-refractivity contribution in [1.29, 1.82) is 0 Å². The SMILES string of the molecule is COCCN1C[C@@H](NC(=O)Nc2nc(-c3ccccc3)nn2C)[C@H](c2ccc(F)c(F)c2)C1. The lowest BCUT2D eigenvalue weighted by atomic mass is 9.94. The van der Waals surface area contributed by atoms with Gasteiger partial charge in [-0.25, -0.2) is 18.3 Å². The molecule has 1 saturated heterocycles. The molecule has 1 fully saturated rings. The van der Waals surface area contributed by atoms with Crippen molar-refractivity contribution < 1.29 is 18.3 Å². The molecule has 0 spiro atoms. The molecule has 33 heavy (non-hydrogen) atoms. The Morgan fingerprint density at radius 3 is 2.67 bits per heavy atom. The Kier molecular flexibility index (Phi) is 6.95. The summed E-state index contributed by atoms with van der Waals surface area (Å²) in [5.74, 6) is -1.21. The molecule has 1 aliphatic rings. The molecule has 2 heterocycles. The summed E-state index contributed by atoms with van der Waals surface area (Å²) in [4.78, 5) is 19.3. The van der Waals surface area contributed by atoms with Gasteiger partial charge in [-0.15, -0.1) is 5.10 Å². The van der Waals surface area contributed by atoms with Crippen molar-refractivity contribution in [2.75, 3.05) is 38.7 Å². The van der Waals surface area contributed by atoms with Gasteiger partial charge in [0.05, 0.1) is 12.6 Å². The van der Waals surface area contributed by atoms with E-state index < -0.39 is 17.7 Å². The van der Waals surface area contributed by atoms with Gasteiger partial charge >= 0.3 is 6.03 Å². The lowest BCUT2D eigenvalue weighted by Crippen LogP contribution is -2.42. The van der Waals surface area contributed by atoms with E-state index in [9.17, 15) is 13.6 Å². The van der Waals surface area contributed by atoms with Gasteiger partial charge in [-0.3, -0.25) is 10.2 Å². The third kappa shape index (κ3) is 5.35. The average molecular weight is 456 g/mol. The summed E-state index contributed by atoms with van der Waals surface area (Å²) in [7, 11) is 3.32. The van der Waals surface area contributed by atoms with Crippen LogP contribution in [0.2, 0.25) is 0 Å². The fraction of sp³-hybridized carbons (Fsp3) is 0.348. The van der Waals surface area contributed by atoms with Crippen LogP contribution in [-0.4, -0.2) is 65.1 Å². The molecule has 2 N–H and O–H groups in total. The van der Waals surface area contributed by atoms with E-state index in [1.165, 1.54) is 10.7 Å². The van der Waals surface area contributed by atoms with Gasteiger partial charge in [0.2, 0.25) is 5.95 Å². The predicted octanol–water partition coefficient (Wildman–Crippen LogP) is 3.00. The summed E-state index contributed by atoms with van der Waals surface area (Å²) in [5, 5.41) is 10.1. The van der Waals surface area contributed by atoms with Gasteiger partial charge in [0.15, 0.2) is 17.5 Å². The van der Waals surface area contributed by atoms with E-state index in [-0.39, 0.29) is 12.0 Å². The zero-order chi connectivity index (χ0) is 23.4. The molecule has 0 bridgehead atoms. The Balaban J connectivity index is 1.47. The minimum Gasteiger partial charge on any atom is -0.383 e. The second-order valence-corrected chi connectivity index (χ2v) is 7.99. The number of hydrogen-bond donors (Lipinski definition) is 2. The highest BCUT2D eigenvalue weighted by Crippen LogP contribution is 2.29. The molecule has 174 valence electrons. The van der Waals surface area contributed by atoms with Crippen molar-refractivity contribution in [2.45, 2.75) is 12.0 Å². The molecule has 1 aromatic heterocycles. The molecule has 2 atom stereocenters. The number of carbonyl (C=O) groups excluding carboxylic acids is 1. The van der Waals surface area contributed by atoms with Crippen molar-refractivity contribution in [2.24, 2.45) is 7.05 Å². The second-order valence-electron chi connectivity index (χ2n) is 7.99. The molecule has 3 aromatic rings. The standard InChI is InChI=1S/C23H26F2N6O2/c1-30-22(27-21(29-30)15-6-4-3-5-7-15)28-23(32)26-20-14-31(10-11-33-2)13-17(20)16-8-9-18(24)19(25)12-16/h3-9,12,17,20H,10-11,13-14H2,1-2H3,(H2,26,27,28,29,32)/t17-,20+/m0/s1. The number of aromatic nitrogens is 3. The number of nitrogens with one attached hydrogen (secondary N) is 2. The Morgan fingerprint density at radius 1 is 1.15 bits per heavy atom. The molecule has 0 unspecified atom stereocenters. The number of anilines is 1. The Bertz CT molecular complexity index is 1110. The number of hydrogen-bond acceptors (Lipinski definition) is 5. The van der Waals surface area contributed by atoms with Crippen molar-refractivity contribution in [1.82, 2.24) is 25.0 Å². The van der Waals surface area contributed by atoms with Gasteiger partial charge in [0.1, 0.15) is 0 Å². The number of methoxy groups -OCH3 is 1. The highest BCUT2D eigenvalue weighted by atomic mass is 19.2. The minimum atomic E-state index is -0.904. The molecule has 2 aromatic carbocycles. The van der Waals surface area contributed by atoms with Crippen LogP contribution >= 0.6 is 0 Å². The second kappa shape index (κ2) is 10.1. The number of carbonyl (C=O) groups is 1. The van der Waals surface area contributed by atoms with Crippen LogP contribution in [0.15, 0.2) is 48.5 Å². The normalized spacial score (nSPS) is 18.4. The summed E-state index contributed by atoms with van der Waals surface area (Å²) in [5.41, 5.74) is 1.47. The molecule has 10 heteroatoms. The van der Waals surface area contributed by atoms with Gasteiger partial charge in [0, 0.05) is 45.3 Å². The third-order valence-corrected chi connectivity index (χ3v) is 5.72. The maximum Gasteiger partial charge on any atom is 0.321 e. The number of urea groups is 1. The van der Waals surface area contributed by atoms with E-state index in [1.807, 2.05) is 30.3 Å². The van der Waals surface area contributed by atoms with Gasteiger partial charge in [-0.1, -0.05) is 36.4 Å². The van der Waals surface area contributed by atoms with E-state index in [1.54, 1.807) is 20.2 Å². The summed E-state index contributed by atoms with van der Waals surface area (Å²) in [6.45, 7) is 2.33. The molecule has 8 nitrogen and oxygen atoms in total. The molecule has 0 saturated carbocycles. The zero-order valence-corrected chi connectivity index (χ0v) is 18.5. The molecule has 0 radical (unpaired) electrons. The van der Waals surface area contributed by atoms with E-state index in [0.29, 0.717) is 43.6 Å². The molecule has 1 aliphatic heterocycles. The van der Waals surface area contributed by atoms with Crippen LogP contribution in [0.3, 0.4) is 0 Å². The van der Waals surface area contributed by atoms with E-state index >= 15 is 0 Å². The summed E-state index contributed by atoms with van der Waals surface area (Å²) in [6.07, 6.45) is 0. The third-order valence-electron chi connectivity index (χ3n) is 5.72. The van der Waals surface area contributed by atoms with Crippen LogP contribution in [0, 0.1) is 11.6 Å². The monoisotopic (exact) mass is 456 g/mol. The van der Waals surface area contributed by atoms with E-state index in [4.69, 9.17) is 4.74 Å². The lowest BCUT2D eigenvalue weighted by molar-refractivity contribution is 0.159. The summed E-state index contributed by atoms with van der Waals surface area (Å²) in [6, 6.07) is 12.6. The zero-order valence-electron chi connectivity index (χ0n) is 18.5. The fourth-order valence-corrected chi connectivity index (χ4v) is 4.02. The van der Waals surface area contributed by atoms with Gasteiger partial charge in [-0.05, 0) is 17.7 Å². The summed E-state index contributed by atoms with van der Waals surface area (Å²) < 4.78 is 34.0. The van der Waals surface area contributed by atoms with Gasteiger partial charge < -0.3 is 10.1 Å². The van der Waals surface area contributed by atoms with Crippen LogP contribution in [0.25, 0.3) is 11.4 Å². The number of amides is 2. The first-order chi connectivity index (χ1) is 15.9. The first-order valence-electron chi connectivity index (χ1n) is 10.6. The fourth-order valence-electron chi connectivity index (χ4n) is 4.02. The number of ether oxygens (including phenoxy) is 1. The van der Waals surface area contributed by atoms with Gasteiger partial charge in [-0.2, -0.15) is 4.98 Å². The van der Waals surface area contributed by atoms with E-state index in [2.05, 4.69) is 25.6 Å². The Morgan fingerprint density at radius 2 is 1.94 bits per heavy atom. The van der Waals surface area contributed by atoms with Crippen LogP contribution < -0.4 is 10.6 Å². The Hall–Kier alpha value is -3.37. The number of aryl methyl sites for hydroxylation is 1. The molecular formula is C23H26F2N6O2. The average Bonchev–Trinajstić information content (AvgIpc) is 3.38. The van der Waals surface area contributed by atoms with Gasteiger partial charge in [0.25, 0.3) is 0 Å². The molecule has 2 amide bonds. The molecule has 4 rings (SSSR count). The topological polar surface area (TPSA) is 84.3 Å². The first-order valence-corrected chi connectivity index (χ1v) is 10.6. The molecule has 0 aliphatic carbocycles. The maximum atomic E-state index is 13.9. The van der Waals surface area contributed by atoms with Crippen molar-refractivity contribution in [3.8, 4) is 11.4 Å². The highest BCUT2D eigenvalue weighted by molar-refractivity contribution is 5.88. The predicted molar refractivity (Wildman–Crippen MR) is 120 cm³/mol. The van der Waals surface area contributed by atoms with Crippen molar-refractivity contribution in [3.05, 3.63) is 65.7 Å². The minimum absolute atomic E-state index is 0.206. The van der Waals surface area contributed by atoms with Crippen LogP contribution in [0.5, 0.6) is 0 Å². The van der Waals surface area contributed by atoms with Crippen LogP contribution in [0.4, 0.5) is 19.5 Å². The van der Waals surface area contributed by atoms with Crippen LogP contribution in [-0.2, 0) is 11.8 Å². The maximum absolute atomic E-state index is 13.9. The number of rotatable bonds is 7. The molecular weight excluding hydrogens is 430 g/mol. The number of likely N-dealkylation sites (tertiary alicyclic amines) is 1. The summed E-state index contributed by atoms with van der Waals surface area (Å²) >= 11 is 0. The van der Waals surface area contributed by atoms with Crippen molar-refractivity contribution in [3.63, 3.8) is 0 Å². The smallest absolute Gasteiger partial charge is 0.321 e. The van der Waals surface area contributed by atoms with E-state index in [0.717, 1.165) is 11.6 Å². The van der Waals surface area contributed by atoms with Crippen molar-refractivity contribution >= 4 is 12.0 Å². The Labute approximate surface area is 190 Å². The highest BCUT2D eigenvalue weighted by Gasteiger charge is 2.35. The first kappa shape index (κ1) is 22.8. The quantitative estimate of drug-likeness (QED) is 0.571. The largest absolute Gasteiger partial charge is 0.383 e. The number of halogens is 2. The lowest BCUT2D eigenvalue weighted by Gasteiger charge is -2.20. The van der Waals surface area contributed by atoms with Crippen LogP contribution in [0.1, 0.15) is 11.5 Å². The number of nitrogens with zero attached hydrogens (tertiary/aromatic N) is 4. The number of benzene rings is 2.